The molecule has 0 aromatic carbocycles. The van der Waals surface area contributed by atoms with Crippen LogP contribution in [0.5, 0.6) is 0 Å². The molecular formula is C11H7FN2O. The molecule has 0 unspecified atom stereocenters. The van der Waals surface area contributed by atoms with Crippen molar-refractivity contribution in [3.63, 3.8) is 0 Å². The van der Waals surface area contributed by atoms with E-state index in [4.69, 9.17) is 0 Å². The molecule has 4 heteroatoms. The van der Waals surface area contributed by atoms with Crippen LogP contribution in [-0.2, 0) is 0 Å². The molecule has 2 aromatic rings. The molecule has 3 nitrogen and oxygen atoms in total. The van der Waals surface area contributed by atoms with E-state index in [-0.39, 0.29) is 5.56 Å². The Hall–Kier alpha value is -2.10. The molecule has 2 heterocycles. The molecule has 0 spiro atoms. The number of halogens is 1. The van der Waals surface area contributed by atoms with Crippen LogP contribution in [0.4, 0.5) is 4.39 Å². The van der Waals surface area contributed by atoms with E-state index in [1.807, 2.05) is 0 Å². The van der Waals surface area contributed by atoms with Gasteiger partial charge in [0.05, 0.1) is 11.8 Å². The van der Waals surface area contributed by atoms with Gasteiger partial charge in [-0.05, 0) is 17.7 Å². The quantitative estimate of drug-likeness (QED) is 0.700. The van der Waals surface area contributed by atoms with E-state index < -0.39 is 5.82 Å². The third kappa shape index (κ3) is 1.74. The molecule has 0 atom stereocenters. The average Bonchev–Trinajstić information content (AvgIpc) is 2.30. The van der Waals surface area contributed by atoms with Crippen LogP contribution in [0.2, 0.25) is 0 Å². The van der Waals surface area contributed by atoms with Crippen molar-refractivity contribution in [2.45, 2.75) is 0 Å². The summed E-state index contributed by atoms with van der Waals surface area (Å²) < 4.78 is 13.2. The maximum absolute atomic E-state index is 13.2. The van der Waals surface area contributed by atoms with Crippen molar-refractivity contribution in [2.75, 3.05) is 0 Å². The van der Waals surface area contributed by atoms with Gasteiger partial charge in [-0.3, -0.25) is 14.8 Å². The highest BCUT2D eigenvalue weighted by Gasteiger charge is 2.09. The predicted octanol–water partition coefficient (Wildman–Crippen LogP) is 2.10. The van der Waals surface area contributed by atoms with E-state index in [1.54, 1.807) is 24.5 Å². The zero-order valence-corrected chi connectivity index (χ0v) is 7.72. The van der Waals surface area contributed by atoms with Crippen LogP contribution in [0.1, 0.15) is 10.4 Å². The van der Waals surface area contributed by atoms with E-state index in [2.05, 4.69) is 9.97 Å². The Balaban J connectivity index is 2.63. The second kappa shape index (κ2) is 3.96. The maximum Gasteiger partial charge on any atom is 0.153 e. The molecule has 0 saturated carbocycles. The van der Waals surface area contributed by atoms with Crippen LogP contribution in [0.3, 0.4) is 0 Å². The fourth-order valence-corrected chi connectivity index (χ4v) is 1.33. The second-order valence-electron chi connectivity index (χ2n) is 2.94. The van der Waals surface area contributed by atoms with Crippen LogP contribution in [0.25, 0.3) is 11.1 Å². The average molecular weight is 202 g/mol. The topological polar surface area (TPSA) is 42.9 Å². The molecule has 0 aliphatic rings. The molecule has 2 rings (SSSR count). The molecule has 0 saturated heterocycles. The zero-order chi connectivity index (χ0) is 10.7. The van der Waals surface area contributed by atoms with Gasteiger partial charge in [0.15, 0.2) is 12.1 Å². The van der Waals surface area contributed by atoms with Gasteiger partial charge in [0.1, 0.15) is 0 Å². The first-order chi connectivity index (χ1) is 7.33. The molecule has 0 bridgehead atoms. The summed E-state index contributed by atoms with van der Waals surface area (Å²) in [5, 5.41) is 0. The Morgan fingerprint density at radius 2 is 1.87 bits per heavy atom. The molecule has 0 fully saturated rings. The molecule has 0 aliphatic heterocycles. The molecule has 0 N–H and O–H groups in total. The van der Waals surface area contributed by atoms with Gasteiger partial charge >= 0.3 is 0 Å². The number of carbonyl (C=O) groups excluding carboxylic acids is 1. The summed E-state index contributed by atoms with van der Waals surface area (Å²) in [7, 11) is 0. The van der Waals surface area contributed by atoms with Crippen molar-refractivity contribution < 1.29 is 9.18 Å². The van der Waals surface area contributed by atoms with Gasteiger partial charge in [0.25, 0.3) is 0 Å². The lowest BCUT2D eigenvalue weighted by Gasteiger charge is -2.03. The number of hydrogen-bond donors (Lipinski definition) is 0. The zero-order valence-electron chi connectivity index (χ0n) is 7.72. The van der Waals surface area contributed by atoms with Crippen molar-refractivity contribution in [2.24, 2.45) is 0 Å². The summed E-state index contributed by atoms with van der Waals surface area (Å²) >= 11 is 0. The molecule has 74 valence electrons. The van der Waals surface area contributed by atoms with Gasteiger partial charge in [-0.15, -0.1) is 0 Å². The first-order valence-electron chi connectivity index (χ1n) is 4.32. The molecule has 15 heavy (non-hydrogen) atoms. The third-order valence-electron chi connectivity index (χ3n) is 2.05. The largest absolute Gasteiger partial charge is 0.298 e. The number of aromatic nitrogens is 2. The Labute approximate surface area is 85.6 Å². The van der Waals surface area contributed by atoms with Crippen molar-refractivity contribution in [1.82, 2.24) is 9.97 Å². The molecule has 0 aliphatic carbocycles. The Kier molecular flexibility index (Phi) is 2.49. The first kappa shape index (κ1) is 9.45. The second-order valence-corrected chi connectivity index (χ2v) is 2.94. The van der Waals surface area contributed by atoms with E-state index in [9.17, 15) is 9.18 Å². The summed E-state index contributed by atoms with van der Waals surface area (Å²) in [4.78, 5) is 18.3. The summed E-state index contributed by atoms with van der Waals surface area (Å²) in [5.41, 5.74) is 1.22. The molecule has 2 aromatic heterocycles. The van der Waals surface area contributed by atoms with Gasteiger partial charge in [0.2, 0.25) is 0 Å². The van der Waals surface area contributed by atoms with Gasteiger partial charge in [-0.1, -0.05) is 0 Å². The fourth-order valence-electron chi connectivity index (χ4n) is 1.33. The normalized spacial score (nSPS) is 9.93. The third-order valence-corrected chi connectivity index (χ3v) is 2.05. The SMILES string of the molecule is O=Cc1c(F)cncc1-c1ccncc1. The first-order valence-corrected chi connectivity index (χ1v) is 4.32. The fraction of sp³-hybridized carbons (Fsp3) is 0. The Bertz CT molecular complexity index is 485. The van der Waals surface area contributed by atoms with Gasteiger partial charge in [-0.25, -0.2) is 4.39 Å². The van der Waals surface area contributed by atoms with Crippen molar-refractivity contribution in [3.05, 3.63) is 48.3 Å². The highest BCUT2D eigenvalue weighted by atomic mass is 19.1. The smallest absolute Gasteiger partial charge is 0.153 e. The van der Waals surface area contributed by atoms with E-state index in [0.29, 0.717) is 11.8 Å². The van der Waals surface area contributed by atoms with Crippen molar-refractivity contribution >= 4 is 6.29 Å². The van der Waals surface area contributed by atoms with Crippen LogP contribution >= 0.6 is 0 Å². The molecule has 0 radical (unpaired) electrons. The van der Waals surface area contributed by atoms with Gasteiger partial charge in [-0.2, -0.15) is 0 Å². The Morgan fingerprint density at radius 3 is 2.53 bits per heavy atom. The minimum absolute atomic E-state index is 0.0243. The highest BCUT2D eigenvalue weighted by Crippen LogP contribution is 2.22. The highest BCUT2D eigenvalue weighted by molar-refractivity contribution is 5.87. The van der Waals surface area contributed by atoms with Crippen LogP contribution in [-0.4, -0.2) is 16.3 Å². The lowest BCUT2D eigenvalue weighted by atomic mass is 10.0. The van der Waals surface area contributed by atoms with E-state index in [0.717, 1.165) is 11.8 Å². The molecule has 0 amide bonds. The number of pyridine rings is 2. The standard InChI is InChI=1S/C11H7FN2O/c12-11-6-14-5-9(10(11)7-15)8-1-3-13-4-2-8/h1-7H. The summed E-state index contributed by atoms with van der Waals surface area (Å²) in [6.07, 6.45) is 6.13. The van der Waals surface area contributed by atoms with E-state index >= 15 is 0 Å². The monoisotopic (exact) mass is 202 g/mol. The number of hydrogen-bond acceptors (Lipinski definition) is 3. The lowest BCUT2D eigenvalue weighted by Crippen LogP contribution is -1.94. The van der Waals surface area contributed by atoms with Crippen molar-refractivity contribution in [1.29, 1.82) is 0 Å². The van der Waals surface area contributed by atoms with Gasteiger partial charge < -0.3 is 0 Å². The van der Waals surface area contributed by atoms with Crippen LogP contribution in [0, 0.1) is 5.82 Å². The predicted molar refractivity (Wildman–Crippen MR) is 52.8 cm³/mol. The number of nitrogens with zero attached hydrogens (tertiary/aromatic N) is 2. The minimum Gasteiger partial charge on any atom is -0.298 e. The number of rotatable bonds is 2. The number of carbonyl (C=O) groups is 1. The molecular weight excluding hydrogens is 195 g/mol. The minimum atomic E-state index is -0.612. The number of aldehydes is 1. The van der Waals surface area contributed by atoms with Crippen LogP contribution < -0.4 is 0 Å². The van der Waals surface area contributed by atoms with Gasteiger partial charge in [0, 0.05) is 24.2 Å². The summed E-state index contributed by atoms with van der Waals surface area (Å²) in [6.45, 7) is 0. The van der Waals surface area contributed by atoms with E-state index in [1.165, 1.54) is 6.20 Å². The Morgan fingerprint density at radius 1 is 1.13 bits per heavy atom. The summed E-state index contributed by atoms with van der Waals surface area (Å²) in [6, 6.07) is 3.40. The van der Waals surface area contributed by atoms with Crippen molar-refractivity contribution in [3.8, 4) is 11.1 Å². The maximum atomic E-state index is 13.2. The summed E-state index contributed by atoms with van der Waals surface area (Å²) in [5.74, 6) is -0.612. The lowest BCUT2D eigenvalue weighted by molar-refractivity contribution is 0.112. The van der Waals surface area contributed by atoms with Crippen LogP contribution in [0.15, 0.2) is 36.9 Å².